The molecule has 198 valence electrons. The first-order valence-electron chi connectivity index (χ1n) is 11.4. The molecule has 0 fully saturated rings. The summed E-state index contributed by atoms with van der Waals surface area (Å²) < 4.78 is 5.16. The second-order valence-corrected chi connectivity index (χ2v) is 8.77. The summed E-state index contributed by atoms with van der Waals surface area (Å²) in [4.78, 5) is 37.0. The number of halogens is 2. The third-order valence-corrected chi connectivity index (χ3v) is 5.83. The monoisotopic (exact) mass is 556 g/mol. The molecule has 10 nitrogen and oxygen atoms in total. The molecule has 0 aromatic heterocycles. The van der Waals surface area contributed by atoms with Crippen molar-refractivity contribution in [3.8, 4) is 16.9 Å². The molecule has 0 aliphatic carbocycles. The van der Waals surface area contributed by atoms with Crippen molar-refractivity contribution in [2.75, 3.05) is 32.1 Å². The molecule has 0 spiro atoms. The number of ether oxygens (including phenoxy) is 1. The maximum Gasteiger partial charge on any atom is 0.254 e. The molecule has 0 aliphatic heterocycles. The van der Waals surface area contributed by atoms with Gasteiger partial charge >= 0.3 is 0 Å². The van der Waals surface area contributed by atoms with E-state index in [1.807, 2.05) is 24.3 Å². The van der Waals surface area contributed by atoms with Crippen molar-refractivity contribution in [3.63, 3.8) is 0 Å². The van der Waals surface area contributed by atoms with Gasteiger partial charge in [-0.15, -0.1) is 0 Å². The largest absolute Gasteiger partial charge is 0.497 e. The number of carbonyl (C=O) groups excluding carboxylic acids is 3. The molecule has 12 heteroatoms. The van der Waals surface area contributed by atoms with E-state index < -0.39 is 17.7 Å². The maximum absolute atomic E-state index is 12.6. The average Bonchev–Trinajstić information content (AvgIpc) is 2.89. The molecule has 0 saturated carbocycles. The molecule has 0 aliphatic rings. The van der Waals surface area contributed by atoms with Crippen molar-refractivity contribution in [2.24, 2.45) is 5.73 Å². The van der Waals surface area contributed by atoms with Gasteiger partial charge in [-0.25, -0.2) is 0 Å². The van der Waals surface area contributed by atoms with Crippen molar-refractivity contribution in [2.45, 2.75) is 0 Å². The summed E-state index contributed by atoms with van der Waals surface area (Å²) in [5.74, 6) is -0.939. The van der Waals surface area contributed by atoms with Crippen LogP contribution in [-0.4, -0.2) is 50.4 Å². The summed E-state index contributed by atoms with van der Waals surface area (Å²) in [5, 5.41) is 18.0. The van der Waals surface area contributed by atoms with Crippen molar-refractivity contribution in [3.05, 3.63) is 81.8 Å². The minimum atomic E-state index is -0.483. The van der Waals surface area contributed by atoms with E-state index in [9.17, 15) is 14.4 Å². The average molecular weight is 557 g/mol. The van der Waals surface area contributed by atoms with Crippen molar-refractivity contribution in [1.82, 2.24) is 16.0 Å². The Labute approximate surface area is 229 Å². The van der Waals surface area contributed by atoms with Crippen LogP contribution in [0.15, 0.2) is 60.7 Å². The summed E-state index contributed by atoms with van der Waals surface area (Å²) in [6.45, 7) is -0.0244. The molecule has 3 aromatic carbocycles. The highest BCUT2D eigenvalue weighted by Gasteiger charge is 2.17. The minimum absolute atomic E-state index is 0.115. The van der Waals surface area contributed by atoms with Crippen LogP contribution in [0.25, 0.3) is 11.1 Å². The van der Waals surface area contributed by atoms with E-state index in [0.717, 1.165) is 11.1 Å². The van der Waals surface area contributed by atoms with Gasteiger partial charge in [0.15, 0.2) is 5.96 Å². The van der Waals surface area contributed by atoms with Gasteiger partial charge in [-0.05, 0) is 53.6 Å². The number of hydrogen-bond acceptors (Lipinski definition) is 5. The van der Waals surface area contributed by atoms with Gasteiger partial charge in [0, 0.05) is 24.3 Å². The lowest BCUT2D eigenvalue weighted by molar-refractivity contribution is -0.120. The van der Waals surface area contributed by atoms with E-state index in [1.54, 1.807) is 37.4 Å². The number of rotatable bonds is 10. The fourth-order valence-corrected chi connectivity index (χ4v) is 4.08. The predicted octanol–water partition coefficient (Wildman–Crippen LogP) is 3.25. The van der Waals surface area contributed by atoms with Crippen LogP contribution in [0.4, 0.5) is 5.69 Å². The summed E-state index contributed by atoms with van der Waals surface area (Å²) in [7, 11) is 1.58. The van der Waals surface area contributed by atoms with Gasteiger partial charge < -0.3 is 31.7 Å². The standard InChI is InChI=1S/C26H26Cl2N6O4/c1-38-19-7-5-15(6-8-19)17-12-20(27)23(21(28)13-17)25(37)32-10-9-31-22(35)14-33-24(36)16-3-2-4-18(11-16)34-26(29)30/h2-8,11-13H,9-10,14H2,1H3,(H,31,35)(H,32,37)(H,33,36)(H4,29,30,34). The molecule has 0 saturated heterocycles. The van der Waals surface area contributed by atoms with Gasteiger partial charge in [0.1, 0.15) is 5.75 Å². The highest BCUT2D eigenvalue weighted by Crippen LogP contribution is 2.32. The zero-order valence-electron chi connectivity index (χ0n) is 20.4. The smallest absolute Gasteiger partial charge is 0.254 e. The molecule has 7 N–H and O–H groups in total. The van der Waals surface area contributed by atoms with E-state index in [2.05, 4.69) is 21.3 Å². The van der Waals surface area contributed by atoms with E-state index in [0.29, 0.717) is 17.0 Å². The Morgan fingerprint density at radius 3 is 2.16 bits per heavy atom. The molecule has 3 rings (SSSR count). The number of nitrogens with one attached hydrogen (secondary N) is 5. The fourth-order valence-electron chi connectivity index (χ4n) is 3.43. The maximum atomic E-state index is 12.6. The first-order chi connectivity index (χ1) is 18.2. The Morgan fingerprint density at radius 2 is 1.53 bits per heavy atom. The van der Waals surface area contributed by atoms with Crippen LogP contribution in [0.2, 0.25) is 10.0 Å². The number of methoxy groups -OCH3 is 1. The molecular formula is C26H26Cl2N6O4. The van der Waals surface area contributed by atoms with E-state index in [1.165, 1.54) is 6.07 Å². The summed E-state index contributed by atoms with van der Waals surface area (Å²) in [6.07, 6.45) is 0. The van der Waals surface area contributed by atoms with Crippen LogP contribution in [0.1, 0.15) is 20.7 Å². The lowest BCUT2D eigenvalue weighted by atomic mass is 10.0. The second kappa shape index (κ2) is 13.3. The number of hydrogen-bond donors (Lipinski definition) is 6. The van der Waals surface area contributed by atoms with Crippen LogP contribution < -0.4 is 31.7 Å². The summed E-state index contributed by atoms with van der Waals surface area (Å²) >= 11 is 12.7. The lowest BCUT2D eigenvalue weighted by Crippen LogP contribution is -2.40. The first kappa shape index (κ1) is 28.3. The Bertz CT molecular complexity index is 1320. The third-order valence-electron chi connectivity index (χ3n) is 5.24. The van der Waals surface area contributed by atoms with Crippen molar-refractivity contribution in [1.29, 1.82) is 5.41 Å². The highest BCUT2D eigenvalue weighted by atomic mass is 35.5. The van der Waals surface area contributed by atoms with Crippen LogP contribution in [-0.2, 0) is 4.79 Å². The fraction of sp³-hybridized carbons (Fsp3) is 0.154. The van der Waals surface area contributed by atoms with Crippen LogP contribution in [0, 0.1) is 5.41 Å². The van der Waals surface area contributed by atoms with Gasteiger partial charge in [0.2, 0.25) is 5.91 Å². The van der Waals surface area contributed by atoms with Crippen LogP contribution in [0.5, 0.6) is 5.75 Å². The van der Waals surface area contributed by atoms with Gasteiger partial charge in [0.05, 0.1) is 29.3 Å². The topological polar surface area (TPSA) is 158 Å². The third kappa shape index (κ3) is 7.86. The number of anilines is 1. The molecule has 0 bridgehead atoms. The summed E-state index contributed by atoms with van der Waals surface area (Å²) in [6, 6.07) is 17.0. The molecule has 3 amide bonds. The predicted molar refractivity (Wildman–Crippen MR) is 148 cm³/mol. The number of nitrogens with two attached hydrogens (primary N) is 1. The number of benzene rings is 3. The van der Waals surface area contributed by atoms with Gasteiger partial charge in [-0.1, -0.05) is 41.4 Å². The SMILES string of the molecule is COc1ccc(-c2cc(Cl)c(C(=O)NCCNC(=O)CNC(=O)c3cccc(NC(=N)N)c3)c(Cl)c2)cc1. The lowest BCUT2D eigenvalue weighted by Gasteiger charge is -2.12. The van der Waals surface area contributed by atoms with Crippen LogP contribution in [0.3, 0.4) is 0 Å². The van der Waals surface area contributed by atoms with E-state index >= 15 is 0 Å². The second-order valence-electron chi connectivity index (χ2n) is 7.95. The Morgan fingerprint density at radius 1 is 0.868 bits per heavy atom. The molecule has 3 aromatic rings. The highest BCUT2D eigenvalue weighted by molar-refractivity contribution is 6.40. The van der Waals surface area contributed by atoms with Crippen LogP contribution >= 0.6 is 23.2 Å². The quantitative estimate of drug-likeness (QED) is 0.128. The van der Waals surface area contributed by atoms with Gasteiger partial charge in [0.25, 0.3) is 11.8 Å². The van der Waals surface area contributed by atoms with Crippen molar-refractivity contribution >= 4 is 52.6 Å². The molecule has 0 radical (unpaired) electrons. The van der Waals surface area contributed by atoms with Crippen molar-refractivity contribution < 1.29 is 19.1 Å². The van der Waals surface area contributed by atoms with E-state index in [4.69, 9.17) is 39.1 Å². The Hall–Kier alpha value is -4.28. The molecular weight excluding hydrogens is 531 g/mol. The van der Waals surface area contributed by atoms with E-state index in [-0.39, 0.29) is 41.2 Å². The Kier molecular flexibility index (Phi) is 9.92. The molecule has 0 atom stereocenters. The zero-order valence-corrected chi connectivity index (χ0v) is 21.9. The molecule has 38 heavy (non-hydrogen) atoms. The number of carbonyl (C=O) groups is 3. The minimum Gasteiger partial charge on any atom is -0.497 e. The normalized spacial score (nSPS) is 10.3. The molecule has 0 heterocycles. The number of amides is 3. The van der Waals surface area contributed by atoms with Gasteiger partial charge in [-0.2, -0.15) is 0 Å². The zero-order chi connectivity index (χ0) is 27.7. The Balaban J connectivity index is 1.46. The van der Waals surface area contributed by atoms with Gasteiger partial charge in [-0.3, -0.25) is 19.8 Å². The molecule has 0 unspecified atom stereocenters. The first-order valence-corrected chi connectivity index (χ1v) is 12.1. The number of guanidine groups is 1. The summed E-state index contributed by atoms with van der Waals surface area (Å²) in [5.41, 5.74) is 7.79.